The van der Waals surface area contributed by atoms with Crippen molar-refractivity contribution in [2.45, 2.75) is 33.0 Å². The summed E-state index contributed by atoms with van der Waals surface area (Å²) in [4.78, 5) is 13.6. The normalized spacial score (nSPS) is 15.8. The summed E-state index contributed by atoms with van der Waals surface area (Å²) in [6, 6.07) is 0. The molecule has 5 heteroatoms. The molecule has 17 heavy (non-hydrogen) atoms. The predicted octanol–water partition coefficient (Wildman–Crippen LogP) is 0.598. The first-order valence-corrected chi connectivity index (χ1v) is 6.49. The molecule has 1 saturated heterocycles. The van der Waals surface area contributed by atoms with Crippen LogP contribution in [-0.2, 0) is 14.3 Å². The predicted molar refractivity (Wildman–Crippen MR) is 65.7 cm³/mol. The van der Waals surface area contributed by atoms with Crippen molar-refractivity contribution < 1.29 is 14.3 Å². The fourth-order valence-corrected chi connectivity index (χ4v) is 1.91. The molecule has 1 fully saturated rings. The Labute approximate surface area is 103 Å². The molecular weight excluding hydrogens is 220 g/mol. The number of likely N-dealkylation sites (tertiary alicyclic amines) is 1. The van der Waals surface area contributed by atoms with Gasteiger partial charge in [0.25, 0.3) is 0 Å². The first-order chi connectivity index (χ1) is 8.27. The smallest absolute Gasteiger partial charge is 0.236 e. The lowest BCUT2D eigenvalue weighted by Crippen LogP contribution is -2.40. The van der Waals surface area contributed by atoms with Crippen molar-refractivity contribution in [2.24, 2.45) is 0 Å². The van der Waals surface area contributed by atoms with Crippen LogP contribution in [0.15, 0.2) is 0 Å². The largest absolute Gasteiger partial charge is 0.352 e. The van der Waals surface area contributed by atoms with Gasteiger partial charge in [0.05, 0.1) is 6.54 Å². The molecule has 1 amide bonds. The number of carbonyl (C=O) groups excluding carboxylic acids is 1. The summed E-state index contributed by atoms with van der Waals surface area (Å²) in [6.45, 7) is 7.83. The van der Waals surface area contributed by atoms with Gasteiger partial charge in [-0.1, -0.05) is 0 Å². The van der Waals surface area contributed by atoms with Crippen LogP contribution in [0.4, 0.5) is 0 Å². The topological polar surface area (TPSA) is 50.8 Å². The van der Waals surface area contributed by atoms with E-state index in [4.69, 9.17) is 9.47 Å². The van der Waals surface area contributed by atoms with Crippen LogP contribution in [-0.4, -0.2) is 56.5 Å². The van der Waals surface area contributed by atoms with Crippen LogP contribution in [0.2, 0.25) is 0 Å². The van der Waals surface area contributed by atoms with E-state index in [-0.39, 0.29) is 12.2 Å². The van der Waals surface area contributed by atoms with Gasteiger partial charge in [-0.05, 0) is 26.7 Å². The van der Waals surface area contributed by atoms with Crippen molar-refractivity contribution in [3.05, 3.63) is 0 Å². The molecule has 0 saturated carbocycles. The average molecular weight is 244 g/mol. The number of nitrogens with one attached hydrogen (secondary N) is 1. The van der Waals surface area contributed by atoms with E-state index < -0.39 is 0 Å². The van der Waals surface area contributed by atoms with Crippen molar-refractivity contribution in [2.75, 3.05) is 39.4 Å². The minimum absolute atomic E-state index is 0.175. The van der Waals surface area contributed by atoms with Crippen molar-refractivity contribution in [1.29, 1.82) is 0 Å². The third kappa shape index (κ3) is 5.48. The van der Waals surface area contributed by atoms with Gasteiger partial charge in [-0.25, -0.2) is 0 Å². The Hall–Kier alpha value is -0.650. The molecular formula is C12H24N2O3. The maximum Gasteiger partial charge on any atom is 0.236 e. The maximum atomic E-state index is 11.7. The summed E-state index contributed by atoms with van der Waals surface area (Å²) < 4.78 is 10.8. The van der Waals surface area contributed by atoms with Crippen LogP contribution in [0, 0.1) is 0 Å². The highest BCUT2D eigenvalue weighted by molar-refractivity contribution is 5.78. The third-order valence-corrected chi connectivity index (χ3v) is 2.75. The first-order valence-electron chi connectivity index (χ1n) is 6.49. The molecule has 0 spiro atoms. The van der Waals surface area contributed by atoms with Crippen molar-refractivity contribution >= 4 is 5.91 Å². The summed E-state index contributed by atoms with van der Waals surface area (Å²) in [5, 5.41) is 3.09. The monoisotopic (exact) mass is 244 g/mol. The lowest BCUT2D eigenvalue weighted by atomic mass is 10.4. The van der Waals surface area contributed by atoms with Crippen molar-refractivity contribution in [1.82, 2.24) is 10.2 Å². The van der Waals surface area contributed by atoms with E-state index in [1.54, 1.807) is 0 Å². The molecule has 0 aromatic rings. The zero-order valence-corrected chi connectivity index (χ0v) is 10.9. The van der Waals surface area contributed by atoms with E-state index in [0.29, 0.717) is 26.3 Å². The summed E-state index contributed by atoms with van der Waals surface area (Å²) in [5.74, 6) is 0.175. The molecule has 1 rings (SSSR count). The number of carbonyl (C=O) groups is 1. The van der Waals surface area contributed by atoms with Crippen molar-refractivity contribution in [3.8, 4) is 0 Å². The highest BCUT2D eigenvalue weighted by atomic mass is 16.7. The minimum atomic E-state index is -0.253. The number of nitrogens with zero attached hydrogens (tertiary/aromatic N) is 1. The SMILES string of the molecule is CCOC(CNCC(=O)N1CCCC1)OCC. The standard InChI is InChI=1S/C12H24N2O3/c1-3-16-12(17-4-2)10-13-9-11(15)14-7-5-6-8-14/h12-13H,3-10H2,1-2H3. The van der Waals surface area contributed by atoms with E-state index in [0.717, 1.165) is 25.9 Å². The molecule has 0 aromatic carbocycles. The Kier molecular flexibility index (Phi) is 7.16. The summed E-state index contributed by atoms with van der Waals surface area (Å²) in [5.41, 5.74) is 0. The summed E-state index contributed by atoms with van der Waals surface area (Å²) >= 11 is 0. The second kappa shape index (κ2) is 8.44. The summed E-state index contributed by atoms with van der Waals surface area (Å²) in [7, 11) is 0. The van der Waals surface area contributed by atoms with E-state index in [1.807, 2.05) is 18.7 Å². The number of ether oxygens (including phenoxy) is 2. The van der Waals surface area contributed by atoms with E-state index >= 15 is 0 Å². The molecule has 0 atom stereocenters. The fourth-order valence-electron chi connectivity index (χ4n) is 1.91. The fraction of sp³-hybridized carbons (Fsp3) is 0.917. The molecule has 1 aliphatic rings. The van der Waals surface area contributed by atoms with Gasteiger partial charge >= 0.3 is 0 Å². The molecule has 0 radical (unpaired) electrons. The zero-order valence-electron chi connectivity index (χ0n) is 10.9. The molecule has 0 unspecified atom stereocenters. The number of rotatable bonds is 8. The number of hydrogen-bond acceptors (Lipinski definition) is 4. The summed E-state index contributed by atoms with van der Waals surface area (Å²) in [6.07, 6.45) is 2.01. The molecule has 5 nitrogen and oxygen atoms in total. The lowest BCUT2D eigenvalue weighted by molar-refractivity contribution is -0.136. The molecule has 0 aromatic heterocycles. The van der Waals surface area contributed by atoms with Crippen LogP contribution in [0.1, 0.15) is 26.7 Å². The lowest BCUT2D eigenvalue weighted by Gasteiger charge is -2.19. The Morgan fingerprint density at radius 2 is 1.82 bits per heavy atom. The minimum Gasteiger partial charge on any atom is -0.352 e. The van der Waals surface area contributed by atoms with Crippen LogP contribution < -0.4 is 5.32 Å². The quantitative estimate of drug-likeness (QED) is 0.635. The van der Waals surface area contributed by atoms with Gasteiger partial charge in [-0.2, -0.15) is 0 Å². The van der Waals surface area contributed by atoms with Gasteiger partial charge < -0.3 is 19.7 Å². The highest BCUT2D eigenvalue weighted by Gasteiger charge is 2.17. The van der Waals surface area contributed by atoms with E-state index in [1.165, 1.54) is 0 Å². The van der Waals surface area contributed by atoms with Gasteiger partial charge in [0.15, 0.2) is 6.29 Å². The van der Waals surface area contributed by atoms with Gasteiger partial charge in [-0.3, -0.25) is 4.79 Å². The second-order valence-electron chi connectivity index (χ2n) is 4.06. The Bertz CT molecular complexity index is 212. The molecule has 100 valence electrons. The van der Waals surface area contributed by atoms with Crippen LogP contribution in [0.5, 0.6) is 0 Å². The average Bonchev–Trinajstić information content (AvgIpc) is 2.83. The number of hydrogen-bond donors (Lipinski definition) is 1. The van der Waals surface area contributed by atoms with Crippen molar-refractivity contribution in [3.63, 3.8) is 0 Å². The van der Waals surface area contributed by atoms with Crippen LogP contribution in [0.25, 0.3) is 0 Å². The highest BCUT2D eigenvalue weighted by Crippen LogP contribution is 2.06. The van der Waals surface area contributed by atoms with Gasteiger partial charge in [0.2, 0.25) is 5.91 Å². The second-order valence-corrected chi connectivity index (χ2v) is 4.06. The Balaban J connectivity index is 2.13. The first kappa shape index (κ1) is 14.4. The molecule has 1 N–H and O–H groups in total. The molecule has 0 bridgehead atoms. The molecule has 1 heterocycles. The zero-order chi connectivity index (χ0) is 12.5. The molecule has 0 aliphatic carbocycles. The van der Waals surface area contributed by atoms with Gasteiger partial charge in [0.1, 0.15) is 0 Å². The van der Waals surface area contributed by atoms with E-state index in [2.05, 4.69) is 5.32 Å². The maximum absolute atomic E-state index is 11.7. The van der Waals surface area contributed by atoms with Gasteiger partial charge in [0, 0.05) is 32.8 Å². The number of amides is 1. The van der Waals surface area contributed by atoms with Crippen LogP contribution in [0.3, 0.4) is 0 Å². The Morgan fingerprint density at radius 3 is 2.35 bits per heavy atom. The van der Waals surface area contributed by atoms with E-state index in [9.17, 15) is 4.79 Å². The Morgan fingerprint density at radius 1 is 1.24 bits per heavy atom. The third-order valence-electron chi connectivity index (χ3n) is 2.75. The van der Waals surface area contributed by atoms with Gasteiger partial charge in [-0.15, -0.1) is 0 Å². The van der Waals surface area contributed by atoms with Crippen LogP contribution >= 0.6 is 0 Å². The molecule has 1 aliphatic heterocycles.